The topological polar surface area (TPSA) is 95.1 Å². The summed E-state index contributed by atoms with van der Waals surface area (Å²) in [6.45, 7) is 5.31. The molecule has 0 spiro atoms. The number of H-pyrrole nitrogens is 1. The molecule has 0 bridgehead atoms. The smallest absolute Gasteiger partial charge is 0.257 e. The lowest BCUT2D eigenvalue weighted by molar-refractivity contribution is 0.0377. The zero-order chi connectivity index (χ0) is 13.1. The fourth-order valence-corrected chi connectivity index (χ4v) is 2.43. The van der Waals surface area contributed by atoms with Crippen molar-refractivity contribution in [3.05, 3.63) is 12.0 Å². The minimum absolute atomic E-state index is 0.000398. The minimum atomic E-state index is -3.62. The van der Waals surface area contributed by atoms with Crippen molar-refractivity contribution >= 4 is 10.0 Å². The Kier molecular flexibility index (Phi) is 4.29. The van der Waals surface area contributed by atoms with E-state index in [0.717, 1.165) is 0 Å². The molecule has 98 valence electrons. The molecule has 1 rings (SSSR count). The molecule has 6 nitrogen and oxygen atoms in total. The van der Waals surface area contributed by atoms with Crippen LogP contribution in [0.4, 0.5) is 0 Å². The zero-order valence-corrected chi connectivity index (χ0v) is 11.1. The van der Waals surface area contributed by atoms with Crippen LogP contribution in [0.2, 0.25) is 0 Å². The predicted molar refractivity (Wildman–Crippen MR) is 64.0 cm³/mol. The monoisotopic (exact) mass is 261 g/mol. The fraction of sp³-hybridized carbons (Fsp3) is 0.700. The van der Waals surface area contributed by atoms with Gasteiger partial charge in [-0.15, -0.1) is 0 Å². The molecule has 0 radical (unpaired) electrons. The number of imidazole rings is 1. The van der Waals surface area contributed by atoms with Gasteiger partial charge < -0.3 is 10.1 Å². The highest BCUT2D eigenvalue weighted by Crippen LogP contribution is 2.14. The first-order chi connectivity index (χ1) is 7.83. The van der Waals surface area contributed by atoms with Gasteiger partial charge >= 0.3 is 0 Å². The van der Waals surface area contributed by atoms with Crippen LogP contribution in [0.25, 0.3) is 0 Å². The van der Waals surface area contributed by atoms with E-state index >= 15 is 0 Å². The largest absolute Gasteiger partial charge is 0.389 e. The van der Waals surface area contributed by atoms with Crippen LogP contribution in [0.15, 0.2) is 11.2 Å². The summed E-state index contributed by atoms with van der Waals surface area (Å²) in [7, 11) is -3.62. The molecule has 0 aromatic carbocycles. The average molecular weight is 261 g/mol. The molecule has 0 aliphatic rings. The van der Waals surface area contributed by atoms with E-state index < -0.39 is 15.6 Å². The second kappa shape index (κ2) is 5.16. The molecule has 0 aliphatic carbocycles. The number of aromatic nitrogens is 2. The van der Waals surface area contributed by atoms with Gasteiger partial charge in [-0.25, -0.2) is 18.1 Å². The van der Waals surface area contributed by atoms with E-state index in [-0.39, 0.29) is 11.6 Å². The lowest BCUT2D eigenvalue weighted by Crippen LogP contribution is -2.42. The van der Waals surface area contributed by atoms with Gasteiger partial charge in [0.25, 0.3) is 10.0 Å². The number of aliphatic hydroxyl groups is 1. The molecule has 0 amide bonds. The third-order valence-corrected chi connectivity index (χ3v) is 4.19. The summed E-state index contributed by atoms with van der Waals surface area (Å²) in [4.78, 5) is 6.48. The van der Waals surface area contributed by atoms with E-state index in [0.29, 0.717) is 18.7 Å². The first kappa shape index (κ1) is 14.1. The molecule has 0 aliphatic heterocycles. The standard InChI is InChI=1S/C10H19N3O3S/c1-4-10(14,5-2)7-12-17(15,16)9-6-11-8(3)13-9/h6,12,14H,4-5,7H2,1-3H3,(H,11,13). The lowest BCUT2D eigenvalue weighted by Gasteiger charge is -2.24. The molecule has 0 unspecified atom stereocenters. The summed E-state index contributed by atoms with van der Waals surface area (Å²) >= 11 is 0. The van der Waals surface area contributed by atoms with Crippen LogP contribution in [-0.4, -0.2) is 35.6 Å². The summed E-state index contributed by atoms with van der Waals surface area (Å²) in [5, 5.41) is 10.0. The second-order valence-electron chi connectivity index (χ2n) is 4.09. The van der Waals surface area contributed by atoms with Gasteiger partial charge in [-0.2, -0.15) is 0 Å². The van der Waals surface area contributed by atoms with Crippen LogP contribution < -0.4 is 4.72 Å². The van der Waals surface area contributed by atoms with Crippen molar-refractivity contribution in [3.8, 4) is 0 Å². The molecule has 0 saturated heterocycles. The van der Waals surface area contributed by atoms with E-state index in [2.05, 4.69) is 14.7 Å². The number of aryl methyl sites for hydroxylation is 1. The molecule has 0 atom stereocenters. The van der Waals surface area contributed by atoms with Gasteiger partial charge in [0.05, 0.1) is 11.8 Å². The van der Waals surface area contributed by atoms with E-state index in [1.54, 1.807) is 6.92 Å². The quantitative estimate of drug-likeness (QED) is 0.697. The van der Waals surface area contributed by atoms with E-state index in [1.807, 2.05) is 13.8 Å². The highest BCUT2D eigenvalue weighted by Gasteiger charge is 2.26. The number of hydrogen-bond acceptors (Lipinski definition) is 4. The Morgan fingerprint density at radius 2 is 2.06 bits per heavy atom. The molecule has 0 fully saturated rings. The third kappa shape index (κ3) is 3.52. The molecule has 7 heteroatoms. The SMILES string of the molecule is CCC(O)(CC)CNS(=O)(=O)c1cnc(C)[nH]1. The van der Waals surface area contributed by atoms with Crippen molar-refractivity contribution in [2.45, 2.75) is 44.2 Å². The normalized spacial score (nSPS) is 12.9. The Balaban J connectivity index is 2.75. The van der Waals surface area contributed by atoms with E-state index in [1.165, 1.54) is 6.20 Å². The Labute approximate surface area is 102 Å². The molecule has 1 aromatic heterocycles. The van der Waals surface area contributed by atoms with Crippen molar-refractivity contribution < 1.29 is 13.5 Å². The highest BCUT2D eigenvalue weighted by atomic mass is 32.2. The van der Waals surface area contributed by atoms with Gasteiger partial charge in [0.15, 0.2) is 5.03 Å². The summed E-state index contributed by atoms with van der Waals surface area (Å²) in [6, 6.07) is 0. The van der Waals surface area contributed by atoms with Crippen molar-refractivity contribution in [3.63, 3.8) is 0 Å². The maximum atomic E-state index is 11.8. The first-order valence-electron chi connectivity index (χ1n) is 5.56. The van der Waals surface area contributed by atoms with Gasteiger partial charge in [-0.1, -0.05) is 13.8 Å². The van der Waals surface area contributed by atoms with Crippen LogP contribution in [0, 0.1) is 6.92 Å². The van der Waals surface area contributed by atoms with Crippen LogP contribution in [0.1, 0.15) is 32.5 Å². The molecular formula is C10H19N3O3S. The van der Waals surface area contributed by atoms with Crippen molar-refractivity contribution in [1.82, 2.24) is 14.7 Å². The number of sulfonamides is 1. The minimum Gasteiger partial charge on any atom is -0.389 e. The van der Waals surface area contributed by atoms with Crippen LogP contribution in [0.3, 0.4) is 0 Å². The Hall–Kier alpha value is -0.920. The van der Waals surface area contributed by atoms with Gasteiger partial charge in [0.2, 0.25) is 0 Å². The molecular weight excluding hydrogens is 242 g/mol. The van der Waals surface area contributed by atoms with E-state index in [4.69, 9.17) is 0 Å². The second-order valence-corrected chi connectivity index (χ2v) is 5.82. The first-order valence-corrected chi connectivity index (χ1v) is 7.05. The Morgan fingerprint density at radius 1 is 1.47 bits per heavy atom. The van der Waals surface area contributed by atoms with E-state index in [9.17, 15) is 13.5 Å². The predicted octanol–water partition coefficient (Wildman–Crippen LogP) is 0.548. The van der Waals surface area contributed by atoms with Crippen LogP contribution in [0.5, 0.6) is 0 Å². The summed E-state index contributed by atoms with van der Waals surface area (Å²) in [5.74, 6) is 0.534. The Morgan fingerprint density at radius 3 is 2.47 bits per heavy atom. The number of rotatable bonds is 6. The highest BCUT2D eigenvalue weighted by molar-refractivity contribution is 7.89. The van der Waals surface area contributed by atoms with Crippen molar-refractivity contribution in [1.29, 1.82) is 0 Å². The van der Waals surface area contributed by atoms with Gasteiger partial charge in [0.1, 0.15) is 5.82 Å². The summed E-state index contributed by atoms with van der Waals surface area (Å²) in [6.07, 6.45) is 2.25. The third-order valence-electron chi connectivity index (χ3n) is 2.88. The lowest BCUT2D eigenvalue weighted by atomic mass is 9.98. The van der Waals surface area contributed by atoms with Gasteiger partial charge in [0, 0.05) is 6.54 Å². The average Bonchev–Trinajstić information content (AvgIpc) is 2.74. The molecule has 0 saturated carbocycles. The van der Waals surface area contributed by atoms with Gasteiger partial charge in [-0.05, 0) is 19.8 Å². The summed E-state index contributed by atoms with van der Waals surface area (Å²) < 4.78 is 26.0. The molecule has 1 aromatic rings. The van der Waals surface area contributed by atoms with Crippen molar-refractivity contribution in [2.24, 2.45) is 0 Å². The zero-order valence-electron chi connectivity index (χ0n) is 10.3. The molecule has 3 N–H and O–H groups in total. The number of nitrogens with one attached hydrogen (secondary N) is 2. The number of hydrogen-bond donors (Lipinski definition) is 3. The van der Waals surface area contributed by atoms with Crippen LogP contribution in [-0.2, 0) is 10.0 Å². The maximum absolute atomic E-state index is 11.8. The maximum Gasteiger partial charge on any atom is 0.257 e. The molecule has 17 heavy (non-hydrogen) atoms. The number of nitrogens with zero attached hydrogens (tertiary/aromatic N) is 1. The van der Waals surface area contributed by atoms with Crippen LogP contribution >= 0.6 is 0 Å². The Bertz CT molecular complexity index is 463. The molecule has 1 heterocycles. The number of aromatic amines is 1. The fourth-order valence-electron chi connectivity index (χ4n) is 1.34. The van der Waals surface area contributed by atoms with Gasteiger partial charge in [-0.3, -0.25) is 0 Å². The van der Waals surface area contributed by atoms with Crippen molar-refractivity contribution in [2.75, 3.05) is 6.54 Å². The summed E-state index contributed by atoms with van der Waals surface area (Å²) in [5.41, 5.74) is -0.998.